The molecule has 0 spiro atoms. The molecule has 74 valence electrons. The average molecular weight is 203 g/mol. The van der Waals surface area contributed by atoms with E-state index in [0.717, 1.165) is 12.8 Å². The molecule has 0 aliphatic rings. The van der Waals surface area contributed by atoms with E-state index in [-0.39, 0.29) is 5.03 Å². The molecule has 0 saturated heterocycles. The SMILES string of the molecule is CCCCNS(=O)(=O)c1ccn[nH]1. The summed E-state index contributed by atoms with van der Waals surface area (Å²) in [5.74, 6) is 0. The second-order valence-electron chi connectivity index (χ2n) is 2.67. The first-order valence-corrected chi connectivity index (χ1v) is 5.64. The molecule has 0 amide bonds. The Balaban J connectivity index is 2.58. The number of nitrogens with zero attached hydrogens (tertiary/aromatic N) is 1. The molecule has 6 heteroatoms. The van der Waals surface area contributed by atoms with Crippen LogP contribution < -0.4 is 4.72 Å². The van der Waals surface area contributed by atoms with Crippen LogP contribution in [-0.2, 0) is 10.0 Å². The van der Waals surface area contributed by atoms with Gasteiger partial charge in [-0.05, 0) is 12.5 Å². The van der Waals surface area contributed by atoms with Crippen LogP contribution in [0.4, 0.5) is 0 Å². The van der Waals surface area contributed by atoms with Crippen LogP contribution in [0, 0.1) is 0 Å². The van der Waals surface area contributed by atoms with Crippen LogP contribution in [0.3, 0.4) is 0 Å². The molecule has 1 heterocycles. The van der Waals surface area contributed by atoms with Gasteiger partial charge in [-0.3, -0.25) is 5.10 Å². The van der Waals surface area contributed by atoms with Crippen molar-refractivity contribution in [1.82, 2.24) is 14.9 Å². The van der Waals surface area contributed by atoms with Gasteiger partial charge in [0.1, 0.15) is 0 Å². The molecule has 1 rings (SSSR count). The average Bonchev–Trinajstić information content (AvgIpc) is 2.56. The Morgan fingerprint density at radius 3 is 2.92 bits per heavy atom. The highest BCUT2D eigenvalue weighted by molar-refractivity contribution is 7.89. The molecule has 0 fully saturated rings. The Morgan fingerprint density at radius 2 is 2.38 bits per heavy atom. The Hall–Kier alpha value is -0.880. The first-order chi connectivity index (χ1) is 6.17. The molecule has 0 saturated carbocycles. The van der Waals surface area contributed by atoms with E-state index in [4.69, 9.17) is 0 Å². The fraction of sp³-hybridized carbons (Fsp3) is 0.571. The minimum atomic E-state index is -3.36. The van der Waals surface area contributed by atoms with Crippen LogP contribution in [0.2, 0.25) is 0 Å². The summed E-state index contributed by atoms with van der Waals surface area (Å²) < 4.78 is 25.2. The topological polar surface area (TPSA) is 74.8 Å². The summed E-state index contributed by atoms with van der Waals surface area (Å²) in [7, 11) is -3.36. The molecule has 0 aromatic carbocycles. The number of H-pyrrole nitrogens is 1. The van der Waals surface area contributed by atoms with Crippen molar-refractivity contribution in [3.05, 3.63) is 12.3 Å². The van der Waals surface area contributed by atoms with Crippen LogP contribution in [0.1, 0.15) is 19.8 Å². The molecule has 0 unspecified atom stereocenters. The van der Waals surface area contributed by atoms with Crippen LogP contribution in [0.5, 0.6) is 0 Å². The summed E-state index contributed by atoms with van der Waals surface area (Å²) in [5, 5.41) is 6.09. The molecule has 0 bridgehead atoms. The molecule has 1 aromatic heterocycles. The van der Waals surface area contributed by atoms with E-state index in [1.165, 1.54) is 12.3 Å². The summed E-state index contributed by atoms with van der Waals surface area (Å²) in [4.78, 5) is 0. The molecular weight excluding hydrogens is 190 g/mol. The first-order valence-electron chi connectivity index (χ1n) is 4.16. The predicted molar refractivity (Wildman–Crippen MR) is 48.7 cm³/mol. The van der Waals surface area contributed by atoms with Crippen molar-refractivity contribution in [3.8, 4) is 0 Å². The van der Waals surface area contributed by atoms with Gasteiger partial charge in [-0.25, -0.2) is 13.1 Å². The third-order valence-electron chi connectivity index (χ3n) is 1.59. The summed E-state index contributed by atoms with van der Waals surface area (Å²) >= 11 is 0. The maximum absolute atomic E-state index is 11.4. The molecule has 2 N–H and O–H groups in total. The van der Waals surface area contributed by atoms with Crippen LogP contribution in [-0.4, -0.2) is 25.2 Å². The largest absolute Gasteiger partial charge is 0.266 e. The normalized spacial score (nSPS) is 11.8. The summed E-state index contributed by atoms with van der Waals surface area (Å²) in [6.07, 6.45) is 3.22. The maximum atomic E-state index is 11.4. The number of nitrogens with one attached hydrogen (secondary N) is 2. The van der Waals surface area contributed by atoms with E-state index in [2.05, 4.69) is 14.9 Å². The number of sulfonamides is 1. The van der Waals surface area contributed by atoms with Crippen molar-refractivity contribution < 1.29 is 8.42 Å². The van der Waals surface area contributed by atoms with Crippen molar-refractivity contribution in [1.29, 1.82) is 0 Å². The van der Waals surface area contributed by atoms with Gasteiger partial charge >= 0.3 is 0 Å². The third kappa shape index (κ3) is 2.82. The van der Waals surface area contributed by atoms with Crippen molar-refractivity contribution in [2.45, 2.75) is 24.8 Å². The van der Waals surface area contributed by atoms with Gasteiger partial charge in [-0.2, -0.15) is 5.10 Å². The Bertz CT molecular complexity index is 331. The van der Waals surface area contributed by atoms with Gasteiger partial charge in [0.15, 0.2) is 5.03 Å². The fourth-order valence-electron chi connectivity index (χ4n) is 0.854. The molecule has 0 atom stereocenters. The van der Waals surface area contributed by atoms with Gasteiger partial charge in [0.05, 0.1) is 6.20 Å². The lowest BCUT2D eigenvalue weighted by molar-refractivity contribution is 0.574. The lowest BCUT2D eigenvalue weighted by Crippen LogP contribution is -2.25. The van der Waals surface area contributed by atoms with Crippen LogP contribution in [0.15, 0.2) is 17.3 Å². The highest BCUT2D eigenvalue weighted by atomic mass is 32.2. The molecule has 13 heavy (non-hydrogen) atoms. The van der Waals surface area contributed by atoms with Crippen molar-refractivity contribution in [2.75, 3.05) is 6.54 Å². The number of hydrogen-bond acceptors (Lipinski definition) is 3. The second kappa shape index (κ2) is 4.38. The molecule has 0 radical (unpaired) electrons. The zero-order chi connectivity index (χ0) is 9.73. The zero-order valence-corrected chi connectivity index (χ0v) is 8.26. The standard InChI is InChI=1S/C7H13N3O2S/c1-2-3-5-9-13(11,12)7-4-6-8-10-7/h4,6,9H,2-3,5H2,1H3,(H,8,10). The van der Waals surface area contributed by atoms with E-state index in [1.54, 1.807) is 0 Å². The quantitative estimate of drug-likeness (QED) is 0.684. The van der Waals surface area contributed by atoms with Crippen LogP contribution in [0.25, 0.3) is 0 Å². The van der Waals surface area contributed by atoms with Crippen LogP contribution >= 0.6 is 0 Å². The van der Waals surface area contributed by atoms with E-state index in [1.807, 2.05) is 6.92 Å². The molecule has 5 nitrogen and oxygen atoms in total. The van der Waals surface area contributed by atoms with E-state index in [9.17, 15) is 8.42 Å². The third-order valence-corrected chi connectivity index (χ3v) is 2.98. The minimum Gasteiger partial charge on any atom is -0.266 e. The summed E-state index contributed by atoms with van der Waals surface area (Å²) in [6.45, 7) is 2.47. The van der Waals surface area contributed by atoms with Crippen molar-refractivity contribution in [2.24, 2.45) is 0 Å². The zero-order valence-electron chi connectivity index (χ0n) is 7.45. The minimum absolute atomic E-state index is 0.114. The molecular formula is C7H13N3O2S. The first kappa shape index (κ1) is 10.2. The van der Waals surface area contributed by atoms with Gasteiger partial charge < -0.3 is 0 Å². The van der Waals surface area contributed by atoms with Gasteiger partial charge in [0.2, 0.25) is 0 Å². The van der Waals surface area contributed by atoms with Gasteiger partial charge in [-0.1, -0.05) is 13.3 Å². The Labute approximate surface area is 77.6 Å². The molecule has 1 aromatic rings. The van der Waals surface area contributed by atoms with E-state index < -0.39 is 10.0 Å². The van der Waals surface area contributed by atoms with Gasteiger partial charge in [0.25, 0.3) is 10.0 Å². The molecule has 0 aliphatic heterocycles. The summed E-state index contributed by atoms with van der Waals surface area (Å²) in [5.41, 5.74) is 0. The summed E-state index contributed by atoms with van der Waals surface area (Å²) in [6, 6.07) is 1.42. The fourth-order valence-corrected chi connectivity index (χ4v) is 1.84. The van der Waals surface area contributed by atoms with E-state index >= 15 is 0 Å². The Morgan fingerprint density at radius 1 is 1.62 bits per heavy atom. The number of aromatic nitrogens is 2. The molecule has 0 aliphatic carbocycles. The number of unbranched alkanes of at least 4 members (excludes halogenated alkanes) is 1. The highest BCUT2D eigenvalue weighted by Crippen LogP contribution is 2.01. The lowest BCUT2D eigenvalue weighted by Gasteiger charge is -2.02. The van der Waals surface area contributed by atoms with Crippen molar-refractivity contribution >= 4 is 10.0 Å². The number of aromatic amines is 1. The number of rotatable bonds is 5. The number of hydrogen-bond donors (Lipinski definition) is 2. The highest BCUT2D eigenvalue weighted by Gasteiger charge is 2.13. The maximum Gasteiger partial charge on any atom is 0.257 e. The second-order valence-corrected chi connectivity index (χ2v) is 4.41. The Kier molecular flexibility index (Phi) is 3.44. The van der Waals surface area contributed by atoms with Crippen molar-refractivity contribution in [3.63, 3.8) is 0 Å². The van der Waals surface area contributed by atoms with Gasteiger partial charge in [-0.15, -0.1) is 0 Å². The predicted octanol–water partition coefficient (Wildman–Crippen LogP) is 0.488. The van der Waals surface area contributed by atoms with Gasteiger partial charge in [0, 0.05) is 6.54 Å². The lowest BCUT2D eigenvalue weighted by atomic mass is 10.3. The monoisotopic (exact) mass is 203 g/mol. The smallest absolute Gasteiger partial charge is 0.257 e. The van der Waals surface area contributed by atoms with E-state index in [0.29, 0.717) is 6.54 Å².